The average Bonchev–Trinajstić information content (AvgIpc) is 3.58. The molecule has 33 heavy (non-hydrogen) atoms. The Labute approximate surface area is 202 Å². The van der Waals surface area contributed by atoms with Crippen LogP contribution in [0, 0.1) is 28.6 Å². The van der Waals surface area contributed by atoms with E-state index in [1.54, 1.807) is 0 Å². The standard InChI is InChI=1S/C28H40N2O2S/c1-27-16-15-22-20(21(27)12-13-23(27)29-18-9-10-18)11-14-24-28(22,2)25(17-26(31)30(24)3)33(32)19-7-5-4-6-8-19/h4-8,18,20-25,29H,9-17H2,1-3H3/t20-,21-,22-,23-,24+,25?,27-,28+,33?/m0/s1. The highest BCUT2D eigenvalue weighted by Crippen LogP contribution is 2.65. The lowest BCUT2D eigenvalue weighted by atomic mass is 9.47. The number of hydrogen-bond donors (Lipinski definition) is 1. The van der Waals surface area contributed by atoms with Crippen LogP contribution >= 0.6 is 0 Å². The van der Waals surface area contributed by atoms with Crippen molar-refractivity contribution < 1.29 is 9.35 Å². The lowest BCUT2D eigenvalue weighted by Crippen LogP contribution is -2.68. The van der Waals surface area contributed by atoms with Crippen molar-refractivity contribution in [3.05, 3.63) is 30.3 Å². The Kier molecular flexibility index (Phi) is 5.43. The van der Waals surface area contributed by atoms with Crippen LogP contribution in [0.2, 0.25) is 0 Å². The average molecular weight is 469 g/mol. The van der Waals surface area contributed by atoms with E-state index in [9.17, 15) is 9.35 Å². The van der Waals surface area contributed by atoms with Gasteiger partial charge in [-0.05, 0) is 97.8 Å². The van der Waals surface area contributed by atoms with Crippen molar-refractivity contribution >= 4 is 17.1 Å². The predicted octanol–water partition coefficient (Wildman–Crippen LogP) is 4.76. The summed E-state index contributed by atoms with van der Waals surface area (Å²) in [6, 6.07) is 11.6. The highest BCUT2D eigenvalue weighted by molar-refractivity contribution is 7.92. The number of rotatable bonds is 4. The number of carbonyl (C=O) groups excluding carboxylic acids is 1. The van der Waals surface area contributed by atoms with Gasteiger partial charge in [-0.15, -0.1) is 0 Å². The minimum absolute atomic E-state index is 0.0877. The molecule has 9 atom stereocenters. The van der Waals surface area contributed by atoms with Crippen LogP contribution in [0.25, 0.3) is 0 Å². The van der Waals surface area contributed by atoms with Crippen molar-refractivity contribution in [1.82, 2.24) is 10.2 Å². The van der Waals surface area contributed by atoms with Gasteiger partial charge in [0.15, 0.2) is 4.90 Å². The zero-order valence-electron chi connectivity index (χ0n) is 20.5. The fourth-order valence-electron chi connectivity index (χ4n) is 8.96. The van der Waals surface area contributed by atoms with Gasteiger partial charge in [0.05, 0.1) is 6.42 Å². The lowest BCUT2D eigenvalue weighted by molar-refractivity contribution is -0.156. The van der Waals surface area contributed by atoms with E-state index in [-0.39, 0.29) is 22.6 Å². The molecule has 0 radical (unpaired) electrons. The van der Waals surface area contributed by atoms with Crippen molar-refractivity contribution in [3.63, 3.8) is 0 Å². The molecule has 0 spiro atoms. The van der Waals surface area contributed by atoms with E-state index in [0.717, 1.165) is 23.3 Å². The maximum absolute atomic E-state index is 14.0. The highest BCUT2D eigenvalue weighted by Gasteiger charge is 2.66. The SMILES string of the molecule is CN1C(=O)CC([S+]([O-])c2ccccc2)[C@]2(C)[C@H]3CC[C@]4(C)[C@@H](NC5CC5)CC[C@H]4[C@@H]3CC[C@@H]12. The normalized spacial score (nSPS) is 45.8. The summed E-state index contributed by atoms with van der Waals surface area (Å²) in [5.74, 6) is 2.20. The Hall–Kier alpha value is -1.04. The summed E-state index contributed by atoms with van der Waals surface area (Å²) in [5.41, 5.74) is 0.313. The summed E-state index contributed by atoms with van der Waals surface area (Å²) in [7, 11) is 2.01. The van der Waals surface area contributed by atoms with E-state index in [4.69, 9.17) is 0 Å². The number of benzene rings is 1. The van der Waals surface area contributed by atoms with Crippen LogP contribution < -0.4 is 5.32 Å². The third kappa shape index (κ3) is 3.36. The first-order valence-corrected chi connectivity index (χ1v) is 14.5. The molecule has 1 aliphatic heterocycles. The first-order valence-electron chi connectivity index (χ1n) is 13.3. The van der Waals surface area contributed by atoms with Gasteiger partial charge in [-0.2, -0.15) is 0 Å². The molecular formula is C28H40N2O2S. The maximum Gasteiger partial charge on any atom is 0.227 e. The van der Waals surface area contributed by atoms with Crippen LogP contribution in [0.4, 0.5) is 0 Å². The molecule has 0 aromatic heterocycles. The van der Waals surface area contributed by atoms with E-state index < -0.39 is 11.2 Å². The molecule has 6 rings (SSSR count). The molecule has 1 N–H and O–H groups in total. The molecule has 4 aliphatic carbocycles. The number of amides is 1. The summed E-state index contributed by atoms with van der Waals surface area (Å²) < 4.78 is 14.0. The van der Waals surface area contributed by atoms with Crippen LogP contribution in [0.15, 0.2) is 35.2 Å². The largest absolute Gasteiger partial charge is 0.611 e. The summed E-state index contributed by atoms with van der Waals surface area (Å²) >= 11 is -1.16. The Morgan fingerprint density at radius 1 is 1.00 bits per heavy atom. The topological polar surface area (TPSA) is 55.4 Å². The highest BCUT2D eigenvalue weighted by atomic mass is 32.2. The van der Waals surface area contributed by atoms with Crippen LogP contribution in [0.1, 0.15) is 71.6 Å². The Balaban J connectivity index is 1.34. The van der Waals surface area contributed by atoms with E-state index >= 15 is 0 Å². The molecule has 1 aromatic rings. The van der Waals surface area contributed by atoms with Gasteiger partial charge in [0.1, 0.15) is 5.25 Å². The zero-order chi connectivity index (χ0) is 23.0. The number of likely N-dealkylation sites (tertiary alicyclic amines) is 1. The first kappa shape index (κ1) is 22.4. The number of fused-ring (bicyclic) bond motifs is 5. The number of piperidine rings is 1. The smallest absolute Gasteiger partial charge is 0.227 e. The second kappa shape index (κ2) is 7.99. The van der Waals surface area contributed by atoms with Gasteiger partial charge in [0.2, 0.25) is 5.91 Å². The molecule has 5 fully saturated rings. The molecule has 1 saturated heterocycles. The van der Waals surface area contributed by atoms with Crippen molar-refractivity contribution in [3.8, 4) is 0 Å². The van der Waals surface area contributed by atoms with Gasteiger partial charge in [-0.25, -0.2) is 0 Å². The van der Waals surface area contributed by atoms with Crippen LogP contribution in [-0.4, -0.2) is 45.8 Å². The molecule has 1 amide bonds. The Morgan fingerprint density at radius 2 is 1.76 bits per heavy atom. The van der Waals surface area contributed by atoms with E-state index in [0.29, 0.717) is 29.7 Å². The second-order valence-corrected chi connectivity index (χ2v) is 13.9. The monoisotopic (exact) mass is 468 g/mol. The number of hydrogen-bond acceptors (Lipinski definition) is 3. The summed E-state index contributed by atoms with van der Waals surface area (Å²) in [4.78, 5) is 16.0. The third-order valence-electron chi connectivity index (χ3n) is 10.9. The van der Waals surface area contributed by atoms with Crippen LogP contribution in [0.5, 0.6) is 0 Å². The molecule has 2 unspecified atom stereocenters. The molecule has 0 bridgehead atoms. The summed E-state index contributed by atoms with van der Waals surface area (Å²) in [5, 5.41) is 3.92. The van der Waals surface area contributed by atoms with Gasteiger partial charge in [0, 0.05) is 30.6 Å². The van der Waals surface area contributed by atoms with Gasteiger partial charge < -0.3 is 14.8 Å². The Morgan fingerprint density at radius 3 is 2.48 bits per heavy atom. The number of nitrogens with one attached hydrogen (secondary N) is 1. The molecule has 5 aliphatic rings. The van der Waals surface area contributed by atoms with Crippen molar-refractivity contribution in [2.45, 2.75) is 99.9 Å². The maximum atomic E-state index is 14.0. The van der Waals surface area contributed by atoms with Crippen LogP contribution in [-0.2, 0) is 16.0 Å². The third-order valence-corrected chi connectivity index (χ3v) is 12.8. The van der Waals surface area contributed by atoms with Gasteiger partial charge in [0.25, 0.3) is 0 Å². The fraction of sp³-hybridized carbons (Fsp3) is 0.750. The minimum Gasteiger partial charge on any atom is -0.611 e. The zero-order valence-corrected chi connectivity index (χ0v) is 21.3. The summed E-state index contributed by atoms with van der Waals surface area (Å²) in [6.07, 6.45) is 10.6. The van der Waals surface area contributed by atoms with E-state index in [1.165, 1.54) is 44.9 Å². The molecule has 1 heterocycles. The summed E-state index contributed by atoms with van der Waals surface area (Å²) in [6.45, 7) is 4.99. The van der Waals surface area contributed by atoms with Crippen molar-refractivity contribution in [2.24, 2.45) is 28.6 Å². The van der Waals surface area contributed by atoms with Gasteiger partial charge in [-0.3, -0.25) is 4.79 Å². The lowest BCUT2D eigenvalue weighted by Gasteiger charge is -2.63. The molecule has 4 saturated carbocycles. The first-order chi connectivity index (χ1) is 15.8. The fourth-order valence-corrected chi connectivity index (χ4v) is 10.8. The minimum atomic E-state index is -1.16. The second-order valence-electron chi connectivity index (χ2n) is 12.3. The Bertz CT molecular complexity index is 906. The predicted molar refractivity (Wildman–Crippen MR) is 132 cm³/mol. The molecule has 1 aromatic carbocycles. The molecule has 4 nitrogen and oxygen atoms in total. The van der Waals surface area contributed by atoms with Crippen molar-refractivity contribution in [2.75, 3.05) is 7.05 Å². The van der Waals surface area contributed by atoms with E-state index in [2.05, 4.69) is 19.2 Å². The molecule has 180 valence electrons. The molecular weight excluding hydrogens is 428 g/mol. The van der Waals surface area contributed by atoms with Gasteiger partial charge >= 0.3 is 0 Å². The number of carbonyl (C=O) groups is 1. The van der Waals surface area contributed by atoms with E-state index in [1.807, 2.05) is 42.3 Å². The quantitative estimate of drug-likeness (QED) is 0.649. The van der Waals surface area contributed by atoms with Crippen molar-refractivity contribution in [1.29, 1.82) is 0 Å². The molecule has 5 heteroatoms. The number of nitrogens with zero attached hydrogens (tertiary/aromatic N) is 1. The van der Waals surface area contributed by atoms with Gasteiger partial charge in [-0.1, -0.05) is 32.0 Å². The van der Waals surface area contributed by atoms with Crippen LogP contribution in [0.3, 0.4) is 0 Å².